The number of nitrogen functional groups attached to an aromatic ring is 1. The van der Waals surface area contributed by atoms with E-state index in [1.54, 1.807) is 0 Å². The Morgan fingerprint density at radius 1 is 0.885 bits per heavy atom. The van der Waals surface area contributed by atoms with Crippen LogP contribution >= 0.6 is 11.6 Å². The molecular formula is C12H5ClF11NO. The van der Waals surface area contributed by atoms with Crippen LogP contribution in [0, 0.1) is 0 Å². The van der Waals surface area contributed by atoms with Crippen LogP contribution in [0.15, 0.2) is 30.0 Å². The van der Waals surface area contributed by atoms with Crippen LogP contribution in [-0.4, -0.2) is 23.9 Å². The number of hydrogen-bond acceptors (Lipinski definition) is 2. The third-order valence-electron chi connectivity index (χ3n) is 2.75. The second kappa shape index (κ2) is 6.67. The molecule has 0 bridgehead atoms. The molecule has 0 spiro atoms. The molecule has 1 aromatic carbocycles. The van der Waals surface area contributed by atoms with Crippen molar-refractivity contribution in [2.75, 3.05) is 5.73 Å². The van der Waals surface area contributed by atoms with Crippen LogP contribution in [0.3, 0.4) is 0 Å². The predicted octanol–water partition coefficient (Wildman–Crippen LogP) is 5.88. The molecule has 0 unspecified atom stereocenters. The van der Waals surface area contributed by atoms with Gasteiger partial charge in [0.15, 0.2) is 5.75 Å². The third kappa shape index (κ3) is 3.62. The third-order valence-corrected chi connectivity index (χ3v) is 3.06. The monoisotopic (exact) mass is 423 g/mol. The number of ether oxygens (including phenoxy) is 1. The van der Waals surface area contributed by atoms with Gasteiger partial charge in [-0.1, -0.05) is 11.6 Å². The highest BCUT2D eigenvalue weighted by molar-refractivity contribution is 6.32. The predicted molar refractivity (Wildman–Crippen MR) is 66.6 cm³/mol. The molecule has 0 fully saturated rings. The lowest BCUT2D eigenvalue weighted by molar-refractivity contribution is -0.392. The number of allylic oxidation sites excluding steroid dienone is 1. The number of rotatable bonds is 5. The zero-order valence-electron chi connectivity index (χ0n) is 11.8. The van der Waals surface area contributed by atoms with Crippen molar-refractivity contribution in [3.05, 3.63) is 35.1 Å². The summed E-state index contributed by atoms with van der Waals surface area (Å²) in [4.78, 5) is 0. The van der Waals surface area contributed by atoms with Crippen molar-refractivity contribution in [1.29, 1.82) is 0 Å². The first-order valence-corrected chi connectivity index (χ1v) is 6.33. The normalized spacial score (nSPS) is 14.9. The van der Waals surface area contributed by atoms with Crippen LogP contribution in [0.2, 0.25) is 5.02 Å². The summed E-state index contributed by atoms with van der Waals surface area (Å²) in [5.41, 5.74) is 4.92. The van der Waals surface area contributed by atoms with Gasteiger partial charge in [0, 0.05) is 11.8 Å². The van der Waals surface area contributed by atoms with Crippen molar-refractivity contribution in [2.45, 2.75) is 23.9 Å². The summed E-state index contributed by atoms with van der Waals surface area (Å²) in [5.74, 6) is -26.7. The quantitative estimate of drug-likeness (QED) is 0.365. The Kier molecular flexibility index (Phi) is 5.67. The Labute approximate surface area is 142 Å². The molecule has 0 atom stereocenters. The number of hydrogen-bond donors (Lipinski definition) is 1. The van der Waals surface area contributed by atoms with Gasteiger partial charge >= 0.3 is 30.0 Å². The van der Waals surface area contributed by atoms with Gasteiger partial charge < -0.3 is 10.5 Å². The highest BCUT2D eigenvalue weighted by Crippen LogP contribution is 2.55. The van der Waals surface area contributed by atoms with E-state index < -0.39 is 46.6 Å². The lowest BCUT2D eigenvalue weighted by atomic mass is 10.0. The highest BCUT2D eigenvalue weighted by atomic mass is 35.5. The van der Waals surface area contributed by atoms with Crippen LogP contribution in [-0.2, 0) is 0 Å². The largest absolute Gasteiger partial charge is 0.460 e. The Morgan fingerprint density at radius 2 is 1.38 bits per heavy atom. The minimum absolute atomic E-state index is 0.252. The van der Waals surface area contributed by atoms with Gasteiger partial charge in [-0.25, -0.2) is 0 Å². The Hall–Kier alpha value is -1.92. The SMILES string of the molecule is Nc1ccc(Cl)c(OC(F)=C(F)C(F)(F)C(F)(F)C(F)(F)C(F)(F)F)c1. The number of halogens is 12. The molecule has 0 aliphatic heterocycles. The van der Waals surface area contributed by atoms with Gasteiger partial charge in [-0.15, -0.1) is 0 Å². The summed E-state index contributed by atoms with van der Waals surface area (Å²) in [5, 5.41) is -0.599. The lowest BCUT2D eigenvalue weighted by Crippen LogP contribution is -2.61. The van der Waals surface area contributed by atoms with Gasteiger partial charge in [0.1, 0.15) is 0 Å². The zero-order chi connectivity index (χ0) is 20.7. The highest BCUT2D eigenvalue weighted by Gasteiger charge is 2.83. The maximum Gasteiger partial charge on any atom is 0.460 e. The molecule has 0 saturated carbocycles. The molecule has 1 rings (SSSR count). The standard InChI is InChI=1S/C12H5ClF11NO/c13-5-2-1-4(25)3-6(5)26-8(15)7(14)9(16,17)10(18,19)11(20,21)12(22,23)24/h1-3H,25H2. The van der Waals surface area contributed by atoms with E-state index >= 15 is 0 Å². The van der Waals surface area contributed by atoms with Gasteiger partial charge in [0.2, 0.25) is 5.83 Å². The fraction of sp³-hybridized carbons (Fsp3) is 0.333. The van der Waals surface area contributed by atoms with Gasteiger partial charge in [-0.2, -0.15) is 48.3 Å². The molecule has 0 aliphatic carbocycles. The van der Waals surface area contributed by atoms with Crippen molar-refractivity contribution >= 4 is 17.3 Å². The van der Waals surface area contributed by atoms with Gasteiger partial charge in [0.05, 0.1) is 5.02 Å². The van der Waals surface area contributed by atoms with Crippen molar-refractivity contribution in [2.24, 2.45) is 0 Å². The summed E-state index contributed by atoms with van der Waals surface area (Å²) < 4.78 is 144. The van der Waals surface area contributed by atoms with Crippen molar-refractivity contribution in [3.63, 3.8) is 0 Å². The zero-order valence-corrected chi connectivity index (χ0v) is 12.5. The number of anilines is 1. The fourth-order valence-corrected chi connectivity index (χ4v) is 1.53. The van der Waals surface area contributed by atoms with Gasteiger partial charge in [0.25, 0.3) is 0 Å². The van der Waals surface area contributed by atoms with Crippen LogP contribution in [0.25, 0.3) is 0 Å². The van der Waals surface area contributed by atoms with Crippen LogP contribution in [0.5, 0.6) is 5.75 Å². The first-order chi connectivity index (χ1) is 11.5. The average Bonchev–Trinajstić information content (AvgIpc) is 2.48. The first kappa shape index (κ1) is 22.1. The van der Waals surface area contributed by atoms with E-state index in [0.29, 0.717) is 6.07 Å². The maximum absolute atomic E-state index is 13.3. The van der Waals surface area contributed by atoms with E-state index in [0.717, 1.165) is 12.1 Å². The van der Waals surface area contributed by atoms with Crippen molar-refractivity contribution in [1.82, 2.24) is 0 Å². The van der Waals surface area contributed by atoms with Crippen LogP contribution in [0.1, 0.15) is 0 Å². The molecule has 0 radical (unpaired) electrons. The van der Waals surface area contributed by atoms with Crippen LogP contribution in [0.4, 0.5) is 54.0 Å². The summed E-state index contributed by atoms with van der Waals surface area (Å²) in [7, 11) is 0. The van der Waals surface area contributed by atoms with E-state index in [4.69, 9.17) is 17.3 Å². The molecule has 2 nitrogen and oxygen atoms in total. The number of benzene rings is 1. The summed E-state index contributed by atoms with van der Waals surface area (Å²) in [6.45, 7) is 0. The molecule has 14 heteroatoms. The van der Waals surface area contributed by atoms with Crippen LogP contribution < -0.4 is 10.5 Å². The van der Waals surface area contributed by atoms with Crippen molar-refractivity contribution < 1.29 is 53.0 Å². The molecule has 26 heavy (non-hydrogen) atoms. The minimum atomic E-state index is -7.39. The molecule has 1 aromatic rings. The lowest BCUT2D eigenvalue weighted by Gasteiger charge is -2.32. The smallest absolute Gasteiger partial charge is 0.428 e. The topological polar surface area (TPSA) is 35.2 Å². The van der Waals surface area contributed by atoms with E-state index in [-0.39, 0.29) is 5.69 Å². The van der Waals surface area contributed by atoms with E-state index in [1.165, 1.54) is 0 Å². The number of alkyl halides is 9. The van der Waals surface area contributed by atoms with Gasteiger partial charge in [-0.05, 0) is 12.1 Å². The molecule has 0 heterocycles. The Bertz CT molecular complexity index is 714. The average molecular weight is 424 g/mol. The molecule has 0 aliphatic rings. The minimum Gasteiger partial charge on any atom is -0.428 e. The maximum atomic E-state index is 13.3. The Morgan fingerprint density at radius 3 is 1.85 bits per heavy atom. The Balaban J connectivity index is 3.36. The van der Waals surface area contributed by atoms with E-state index in [2.05, 4.69) is 4.74 Å². The second-order valence-corrected chi connectivity index (χ2v) is 5.01. The van der Waals surface area contributed by atoms with Crippen molar-refractivity contribution in [3.8, 4) is 5.75 Å². The van der Waals surface area contributed by atoms with E-state index in [9.17, 15) is 48.3 Å². The fourth-order valence-electron chi connectivity index (χ4n) is 1.38. The molecular weight excluding hydrogens is 419 g/mol. The number of nitrogens with two attached hydrogens (primary N) is 1. The molecule has 2 N–H and O–H groups in total. The summed E-state index contributed by atoms with van der Waals surface area (Å²) in [6, 6.07) is -0.669. The van der Waals surface area contributed by atoms with E-state index in [1.807, 2.05) is 0 Å². The first-order valence-electron chi connectivity index (χ1n) is 5.95. The molecule has 148 valence electrons. The molecule has 0 aromatic heterocycles. The summed E-state index contributed by atoms with van der Waals surface area (Å²) in [6.07, 6.45) is -7.19. The van der Waals surface area contributed by atoms with Gasteiger partial charge in [-0.3, -0.25) is 0 Å². The second-order valence-electron chi connectivity index (χ2n) is 4.60. The molecule has 0 amide bonds. The molecule has 0 saturated heterocycles. The summed E-state index contributed by atoms with van der Waals surface area (Å²) >= 11 is 5.38.